The molecular weight excluding hydrogens is 260 g/mol. The van der Waals surface area contributed by atoms with E-state index >= 15 is 0 Å². The zero-order valence-corrected chi connectivity index (χ0v) is 10.9. The molecule has 1 heterocycles. The summed E-state index contributed by atoms with van der Waals surface area (Å²) >= 11 is 0. The van der Waals surface area contributed by atoms with Gasteiger partial charge < -0.3 is 9.67 Å². The normalized spacial score (nSPS) is 10.4. The van der Waals surface area contributed by atoms with Gasteiger partial charge in [0.1, 0.15) is 5.69 Å². The lowest BCUT2D eigenvalue weighted by Crippen LogP contribution is -2.09. The summed E-state index contributed by atoms with van der Waals surface area (Å²) in [6.07, 6.45) is 0.775. The van der Waals surface area contributed by atoms with E-state index in [2.05, 4.69) is 0 Å². The quantitative estimate of drug-likeness (QED) is 0.670. The number of carbonyl (C=O) groups is 1. The van der Waals surface area contributed by atoms with Gasteiger partial charge in [0.05, 0.1) is 4.92 Å². The van der Waals surface area contributed by atoms with E-state index in [-0.39, 0.29) is 11.4 Å². The predicted molar refractivity (Wildman–Crippen MR) is 73.8 cm³/mol. The maximum Gasteiger partial charge on any atom is 0.352 e. The van der Waals surface area contributed by atoms with Crippen LogP contribution in [0.25, 0.3) is 11.3 Å². The van der Waals surface area contributed by atoms with Crippen molar-refractivity contribution in [3.8, 4) is 11.3 Å². The lowest BCUT2D eigenvalue weighted by molar-refractivity contribution is -0.384. The number of aromatic nitrogens is 1. The minimum atomic E-state index is -1.00. The van der Waals surface area contributed by atoms with Crippen LogP contribution < -0.4 is 0 Å². The summed E-state index contributed by atoms with van der Waals surface area (Å²) in [5, 5.41) is 20.0. The Morgan fingerprint density at radius 1 is 1.35 bits per heavy atom. The molecule has 6 heteroatoms. The number of benzene rings is 1. The number of carboxylic acid groups (broad SMARTS) is 1. The minimum Gasteiger partial charge on any atom is -0.477 e. The Morgan fingerprint density at radius 3 is 2.70 bits per heavy atom. The molecule has 6 nitrogen and oxygen atoms in total. The van der Waals surface area contributed by atoms with E-state index in [1.165, 1.54) is 18.2 Å². The number of carboxylic acids is 1. The molecule has 1 aromatic carbocycles. The summed E-state index contributed by atoms with van der Waals surface area (Å²) in [6, 6.07) is 9.39. The number of hydrogen-bond donors (Lipinski definition) is 1. The SMILES string of the molecule is CCCn1c(C(=O)O)ccc1-c1cccc([N+](=O)[O-])c1. The van der Waals surface area contributed by atoms with E-state index in [0.717, 1.165) is 6.42 Å². The van der Waals surface area contributed by atoms with Crippen LogP contribution in [0, 0.1) is 10.1 Å². The van der Waals surface area contributed by atoms with Crippen molar-refractivity contribution in [1.29, 1.82) is 0 Å². The first-order valence-electron chi connectivity index (χ1n) is 6.22. The summed E-state index contributed by atoms with van der Waals surface area (Å²) in [6.45, 7) is 2.50. The third-order valence-electron chi connectivity index (χ3n) is 3.00. The third-order valence-corrected chi connectivity index (χ3v) is 3.00. The monoisotopic (exact) mass is 274 g/mol. The summed E-state index contributed by atoms with van der Waals surface area (Å²) < 4.78 is 1.67. The first-order valence-corrected chi connectivity index (χ1v) is 6.22. The summed E-state index contributed by atoms with van der Waals surface area (Å²) in [7, 11) is 0. The molecule has 0 aliphatic rings. The van der Waals surface area contributed by atoms with E-state index in [4.69, 9.17) is 5.11 Å². The van der Waals surface area contributed by atoms with Crippen LogP contribution in [-0.4, -0.2) is 20.6 Å². The number of aromatic carboxylic acids is 1. The number of non-ortho nitro benzene ring substituents is 1. The van der Waals surface area contributed by atoms with Gasteiger partial charge >= 0.3 is 5.97 Å². The second kappa shape index (κ2) is 5.56. The molecule has 0 bridgehead atoms. The molecule has 1 aromatic heterocycles. The van der Waals surface area contributed by atoms with E-state index in [9.17, 15) is 14.9 Å². The zero-order chi connectivity index (χ0) is 14.7. The zero-order valence-electron chi connectivity index (χ0n) is 10.9. The highest BCUT2D eigenvalue weighted by Crippen LogP contribution is 2.26. The van der Waals surface area contributed by atoms with E-state index in [0.29, 0.717) is 17.8 Å². The van der Waals surface area contributed by atoms with Crippen molar-refractivity contribution >= 4 is 11.7 Å². The molecule has 0 aliphatic carbocycles. The molecule has 104 valence electrons. The van der Waals surface area contributed by atoms with Crippen molar-refractivity contribution in [1.82, 2.24) is 4.57 Å². The lowest BCUT2D eigenvalue weighted by Gasteiger charge is -2.10. The second-order valence-corrected chi connectivity index (χ2v) is 4.37. The fraction of sp³-hybridized carbons (Fsp3) is 0.214. The van der Waals surface area contributed by atoms with Crippen LogP contribution in [0.5, 0.6) is 0 Å². The van der Waals surface area contributed by atoms with Crippen molar-refractivity contribution in [2.24, 2.45) is 0 Å². The molecule has 0 amide bonds. The van der Waals surface area contributed by atoms with E-state index < -0.39 is 10.9 Å². The molecule has 0 atom stereocenters. The molecule has 0 fully saturated rings. The number of hydrogen-bond acceptors (Lipinski definition) is 3. The Kier molecular flexibility index (Phi) is 3.84. The standard InChI is InChI=1S/C14H14N2O4/c1-2-8-15-12(6-7-13(15)14(17)18)10-4-3-5-11(9-10)16(19)20/h3-7,9H,2,8H2,1H3,(H,17,18). The second-order valence-electron chi connectivity index (χ2n) is 4.37. The van der Waals surface area contributed by atoms with E-state index in [1.807, 2.05) is 6.92 Å². The maximum atomic E-state index is 11.2. The first-order chi connectivity index (χ1) is 9.54. The Hall–Kier alpha value is -2.63. The van der Waals surface area contributed by atoms with Gasteiger partial charge in [-0.15, -0.1) is 0 Å². The average molecular weight is 274 g/mol. The van der Waals surface area contributed by atoms with Crippen molar-refractivity contribution in [2.45, 2.75) is 19.9 Å². The predicted octanol–water partition coefficient (Wildman–Crippen LogP) is 3.17. The van der Waals surface area contributed by atoms with Gasteiger partial charge in [0, 0.05) is 29.9 Å². The average Bonchev–Trinajstić information content (AvgIpc) is 2.83. The van der Waals surface area contributed by atoms with Crippen LogP contribution in [-0.2, 0) is 6.54 Å². The Bertz CT molecular complexity index is 661. The highest BCUT2D eigenvalue weighted by atomic mass is 16.6. The van der Waals surface area contributed by atoms with Gasteiger partial charge in [-0.3, -0.25) is 10.1 Å². The number of rotatable bonds is 5. The van der Waals surface area contributed by atoms with Crippen LogP contribution in [0.4, 0.5) is 5.69 Å². The first kappa shape index (κ1) is 13.8. The van der Waals surface area contributed by atoms with E-state index in [1.54, 1.807) is 22.8 Å². The Labute approximate surface area is 115 Å². The van der Waals surface area contributed by atoms with Crippen LogP contribution in [0.15, 0.2) is 36.4 Å². The van der Waals surface area contributed by atoms with Gasteiger partial charge in [-0.1, -0.05) is 19.1 Å². The maximum absolute atomic E-state index is 11.2. The highest BCUT2D eigenvalue weighted by molar-refractivity contribution is 5.87. The fourth-order valence-electron chi connectivity index (χ4n) is 2.15. The molecule has 0 aliphatic heterocycles. The topological polar surface area (TPSA) is 85.4 Å². The van der Waals surface area contributed by atoms with Crippen LogP contribution in [0.1, 0.15) is 23.8 Å². The van der Waals surface area contributed by atoms with Gasteiger partial charge in [-0.2, -0.15) is 0 Å². The summed E-state index contributed by atoms with van der Waals surface area (Å²) in [4.78, 5) is 21.5. The minimum absolute atomic E-state index is 0.0105. The molecule has 2 aromatic rings. The van der Waals surface area contributed by atoms with Gasteiger partial charge in [-0.05, 0) is 18.6 Å². The van der Waals surface area contributed by atoms with Gasteiger partial charge in [0.25, 0.3) is 5.69 Å². The molecule has 0 spiro atoms. The number of nitro groups is 1. The van der Waals surface area contributed by atoms with Crippen molar-refractivity contribution in [2.75, 3.05) is 0 Å². The van der Waals surface area contributed by atoms with Crippen LogP contribution in [0.3, 0.4) is 0 Å². The van der Waals surface area contributed by atoms with Crippen LogP contribution in [0.2, 0.25) is 0 Å². The molecule has 0 radical (unpaired) electrons. The summed E-state index contributed by atoms with van der Waals surface area (Å²) in [5.74, 6) is -1.00. The highest BCUT2D eigenvalue weighted by Gasteiger charge is 2.16. The van der Waals surface area contributed by atoms with Crippen molar-refractivity contribution < 1.29 is 14.8 Å². The third kappa shape index (κ3) is 2.54. The molecular formula is C14H14N2O4. The molecule has 0 saturated heterocycles. The number of nitrogens with zero attached hydrogens (tertiary/aromatic N) is 2. The fourth-order valence-corrected chi connectivity index (χ4v) is 2.15. The van der Waals surface area contributed by atoms with Gasteiger partial charge in [0.2, 0.25) is 0 Å². The smallest absolute Gasteiger partial charge is 0.352 e. The Morgan fingerprint density at radius 2 is 2.10 bits per heavy atom. The molecule has 20 heavy (non-hydrogen) atoms. The Balaban J connectivity index is 2.54. The molecule has 0 saturated carbocycles. The van der Waals surface area contributed by atoms with Crippen molar-refractivity contribution in [3.05, 3.63) is 52.2 Å². The van der Waals surface area contributed by atoms with Gasteiger partial charge in [0.15, 0.2) is 0 Å². The molecule has 0 unspecified atom stereocenters. The largest absolute Gasteiger partial charge is 0.477 e. The van der Waals surface area contributed by atoms with Crippen molar-refractivity contribution in [3.63, 3.8) is 0 Å². The summed E-state index contributed by atoms with van der Waals surface area (Å²) in [5.41, 5.74) is 1.49. The molecule has 2 rings (SSSR count). The molecule has 1 N–H and O–H groups in total. The van der Waals surface area contributed by atoms with Gasteiger partial charge in [-0.25, -0.2) is 4.79 Å². The number of nitro benzene ring substituents is 1. The lowest BCUT2D eigenvalue weighted by atomic mass is 10.1. The van der Waals surface area contributed by atoms with Crippen LogP contribution >= 0.6 is 0 Å².